The molecule has 2 rings (SSSR count). The maximum atomic E-state index is 10.8. The first-order valence-electron chi connectivity index (χ1n) is 4.57. The van der Waals surface area contributed by atoms with Gasteiger partial charge in [-0.05, 0) is 18.9 Å². The van der Waals surface area contributed by atoms with E-state index in [1.54, 1.807) is 0 Å². The van der Waals surface area contributed by atoms with Crippen LogP contribution in [0.2, 0.25) is 0 Å². The van der Waals surface area contributed by atoms with Crippen molar-refractivity contribution in [2.75, 3.05) is 5.73 Å². The van der Waals surface area contributed by atoms with Gasteiger partial charge < -0.3 is 16.8 Å². The number of para-hydroxylation sites is 1. The molecule has 1 saturated carbocycles. The van der Waals surface area contributed by atoms with Crippen LogP contribution in [0.3, 0.4) is 0 Å². The first kappa shape index (κ1) is 8.87. The minimum absolute atomic E-state index is 0.294. The average molecular weight is 191 g/mol. The van der Waals surface area contributed by atoms with Gasteiger partial charge in [0, 0.05) is 11.3 Å². The first-order valence-corrected chi connectivity index (χ1v) is 4.57. The van der Waals surface area contributed by atoms with Crippen molar-refractivity contribution in [3.05, 3.63) is 29.8 Å². The third-order valence-corrected chi connectivity index (χ3v) is 2.59. The summed E-state index contributed by atoms with van der Waals surface area (Å²) in [5.41, 5.74) is 12.3. The molecule has 0 aliphatic heterocycles. The maximum absolute atomic E-state index is 10.8. The monoisotopic (exact) mass is 191 g/mol. The molecular weight excluding hydrogens is 178 g/mol. The second kappa shape index (κ2) is 2.90. The van der Waals surface area contributed by atoms with Crippen molar-refractivity contribution in [1.82, 2.24) is 5.32 Å². The largest absolute Gasteiger partial charge is 0.398 e. The number of nitrogen functional groups attached to an aromatic ring is 1. The number of urea groups is 1. The Balaban J connectivity index is 2.31. The molecule has 14 heavy (non-hydrogen) atoms. The zero-order valence-corrected chi connectivity index (χ0v) is 7.79. The molecule has 5 N–H and O–H groups in total. The van der Waals surface area contributed by atoms with Gasteiger partial charge in [-0.25, -0.2) is 4.79 Å². The molecule has 0 atom stereocenters. The van der Waals surface area contributed by atoms with Gasteiger partial charge in [-0.1, -0.05) is 18.2 Å². The molecule has 1 aromatic carbocycles. The predicted octanol–water partition coefficient (Wildman–Crippen LogP) is 0.926. The van der Waals surface area contributed by atoms with E-state index < -0.39 is 6.03 Å². The molecule has 4 heteroatoms. The number of benzene rings is 1. The fourth-order valence-electron chi connectivity index (χ4n) is 1.76. The Bertz CT molecular complexity index is 371. The van der Waals surface area contributed by atoms with Crippen molar-refractivity contribution < 1.29 is 4.79 Å². The second-order valence-corrected chi connectivity index (χ2v) is 3.66. The van der Waals surface area contributed by atoms with E-state index in [2.05, 4.69) is 5.32 Å². The molecule has 0 aromatic heterocycles. The number of nitrogens with two attached hydrogens (primary N) is 2. The van der Waals surface area contributed by atoms with Gasteiger partial charge in [0.05, 0.1) is 5.54 Å². The third-order valence-electron chi connectivity index (χ3n) is 2.59. The minimum Gasteiger partial charge on any atom is -0.398 e. The molecule has 74 valence electrons. The molecule has 0 radical (unpaired) electrons. The SMILES string of the molecule is NC(=O)NC1(c2ccccc2N)CC1. The number of rotatable bonds is 2. The van der Waals surface area contributed by atoms with Crippen molar-refractivity contribution in [3.8, 4) is 0 Å². The van der Waals surface area contributed by atoms with Crippen LogP contribution in [-0.4, -0.2) is 6.03 Å². The number of hydrogen-bond donors (Lipinski definition) is 3. The summed E-state index contributed by atoms with van der Waals surface area (Å²) in [7, 11) is 0. The van der Waals surface area contributed by atoms with Gasteiger partial charge in [-0.2, -0.15) is 0 Å². The van der Waals surface area contributed by atoms with Crippen LogP contribution in [0.4, 0.5) is 10.5 Å². The fraction of sp³-hybridized carbons (Fsp3) is 0.300. The summed E-state index contributed by atoms with van der Waals surface area (Å²) < 4.78 is 0. The summed E-state index contributed by atoms with van der Waals surface area (Å²) in [6.45, 7) is 0. The smallest absolute Gasteiger partial charge is 0.312 e. The van der Waals surface area contributed by atoms with Crippen molar-refractivity contribution in [2.24, 2.45) is 5.73 Å². The van der Waals surface area contributed by atoms with E-state index in [1.807, 2.05) is 24.3 Å². The zero-order chi connectivity index (χ0) is 10.2. The summed E-state index contributed by atoms with van der Waals surface area (Å²) in [4.78, 5) is 10.8. The third kappa shape index (κ3) is 1.39. The van der Waals surface area contributed by atoms with E-state index in [1.165, 1.54) is 0 Å². The van der Waals surface area contributed by atoms with Crippen LogP contribution in [0.1, 0.15) is 18.4 Å². The Hall–Kier alpha value is -1.71. The van der Waals surface area contributed by atoms with E-state index in [0.717, 1.165) is 18.4 Å². The van der Waals surface area contributed by atoms with Gasteiger partial charge in [0.15, 0.2) is 0 Å². The molecule has 0 spiro atoms. The first-order chi connectivity index (χ1) is 6.64. The molecular formula is C10H13N3O. The molecule has 1 aliphatic carbocycles. The van der Waals surface area contributed by atoms with Crippen molar-refractivity contribution in [2.45, 2.75) is 18.4 Å². The zero-order valence-electron chi connectivity index (χ0n) is 7.79. The van der Waals surface area contributed by atoms with Gasteiger partial charge in [-0.3, -0.25) is 0 Å². The topological polar surface area (TPSA) is 81.1 Å². The lowest BCUT2D eigenvalue weighted by molar-refractivity contribution is 0.244. The summed E-state index contributed by atoms with van der Waals surface area (Å²) in [6, 6.07) is 7.05. The maximum Gasteiger partial charge on any atom is 0.312 e. The van der Waals surface area contributed by atoms with Crippen LogP contribution in [0.5, 0.6) is 0 Å². The molecule has 4 nitrogen and oxygen atoms in total. The molecule has 0 saturated heterocycles. The molecule has 0 unspecified atom stereocenters. The number of carbonyl (C=O) groups is 1. The summed E-state index contributed by atoms with van der Waals surface area (Å²) >= 11 is 0. The standard InChI is InChI=1S/C10H13N3O/c11-8-4-2-1-3-7(8)10(5-6-10)13-9(12)14/h1-4H,5-6,11H2,(H3,12,13,14). The fourth-order valence-corrected chi connectivity index (χ4v) is 1.76. The second-order valence-electron chi connectivity index (χ2n) is 3.66. The highest BCUT2D eigenvalue weighted by atomic mass is 16.2. The van der Waals surface area contributed by atoms with Gasteiger partial charge in [0.2, 0.25) is 0 Å². The van der Waals surface area contributed by atoms with Crippen LogP contribution >= 0.6 is 0 Å². The van der Waals surface area contributed by atoms with Gasteiger partial charge in [0.1, 0.15) is 0 Å². The van der Waals surface area contributed by atoms with E-state index in [0.29, 0.717) is 5.69 Å². The van der Waals surface area contributed by atoms with Crippen molar-refractivity contribution in [1.29, 1.82) is 0 Å². The molecule has 1 fully saturated rings. The Labute approximate surface area is 82.3 Å². The van der Waals surface area contributed by atoms with E-state index >= 15 is 0 Å². The normalized spacial score (nSPS) is 17.4. The van der Waals surface area contributed by atoms with Gasteiger partial charge >= 0.3 is 6.03 Å². The van der Waals surface area contributed by atoms with Crippen molar-refractivity contribution >= 4 is 11.7 Å². The Morgan fingerprint density at radius 3 is 2.50 bits per heavy atom. The average Bonchev–Trinajstić information content (AvgIpc) is 2.85. The number of primary amides is 1. The molecule has 2 amide bonds. The highest BCUT2D eigenvalue weighted by molar-refractivity contribution is 5.74. The summed E-state index contributed by atoms with van der Waals surface area (Å²) in [5.74, 6) is 0. The number of anilines is 1. The highest BCUT2D eigenvalue weighted by Crippen LogP contribution is 2.47. The van der Waals surface area contributed by atoms with Crippen LogP contribution in [0.15, 0.2) is 24.3 Å². The quantitative estimate of drug-likeness (QED) is 0.608. The number of nitrogens with one attached hydrogen (secondary N) is 1. The minimum atomic E-state index is -0.495. The molecule has 0 bridgehead atoms. The van der Waals surface area contributed by atoms with Gasteiger partial charge in [0.25, 0.3) is 0 Å². The lowest BCUT2D eigenvalue weighted by atomic mass is 10.0. The highest BCUT2D eigenvalue weighted by Gasteiger charge is 2.46. The van der Waals surface area contributed by atoms with Crippen LogP contribution in [0.25, 0.3) is 0 Å². The van der Waals surface area contributed by atoms with Gasteiger partial charge in [-0.15, -0.1) is 0 Å². The van der Waals surface area contributed by atoms with E-state index in [4.69, 9.17) is 11.5 Å². The van der Waals surface area contributed by atoms with E-state index in [-0.39, 0.29) is 5.54 Å². The van der Waals surface area contributed by atoms with Crippen molar-refractivity contribution in [3.63, 3.8) is 0 Å². The van der Waals surface area contributed by atoms with Crippen LogP contribution < -0.4 is 16.8 Å². The lowest BCUT2D eigenvalue weighted by Gasteiger charge is -2.18. The van der Waals surface area contributed by atoms with E-state index in [9.17, 15) is 4.79 Å². The number of carbonyl (C=O) groups excluding carboxylic acids is 1. The Kier molecular flexibility index (Phi) is 1.84. The number of hydrogen-bond acceptors (Lipinski definition) is 2. The Morgan fingerprint density at radius 1 is 1.36 bits per heavy atom. The van der Waals surface area contributed by atoms with Crippen LogP contribution in [0, 0.1) is 0 Å². The van der Waals surface area contributed by atoms with Crippen LogP contribution in [-0.2, 0) is 5.54 Å². The number of amides is 2. The molecule has 1 aromatic rings. The predicted molar refractivity (Wildman–Crippen MR) is 54.5 cm³/mol. The summed E-state index contributed by atoms with van der Waals surface area (Å²) in [5, 5.41) is 2.75. The molecule has 1 aliphatic rings. The lowest BCUT2D eigenvalue weighted by Crippen LogP contribution is -2.39. The Morgan fingerprint density at radius 2 is 2.00 bits per heavy atom. The molecule has 0 heterocycles. The summed E-state index contributed by atoms with van der Waals surface area (Å²) in [6.07, 6.45) is 1.81.